The van der Waals surface area contributed by atoms with Crippen LogP contribution < -0.4 is 5.32 Å². The lowest BCUT2D eigenvalue weighted by Gasteiger charge is -2.18. The van der Waals surface area contributed by atoms with Gasteiger partial charge in [0.2, 0.25) is 0 Å². The molecule has 0 bridgehead atoms. The maximum absolute atomic E-state index is 14.9. The number of halogens is 2. The Kier molecular flexibility index (Phi) is 7.24. The molecule has 2 atom stereocenters. The zero-order chi connectivity index (χ0) is 30.2. The summed E-state index contributed by atoms with van der Waals surface area (Å²) in [6, 6.07) is 27.0. The van der Waals surface area contributed by atoms with E-state index in [4.69, 9.17) is 0 Å². The van der Waals surface area contributed by atoms with E-state index in [0.717, 1.165) is 45.7 Å². The van der Waals surface area contributed by atoms with Crippen LogP contribution in [-0.4, -0.2) is 21.4 Å². The predicted octanol–water partition coefficient (Wildman–Crippen LogP) is 8.38. The normalized spacial score (nSPS) is 12.7. The number of nitrogens with zero attached hydrogens (tertiary/aromatic N) is 1. The van der Waals surface area contributed by atoms with Crippen molar-refractivity contribution in [2.75, 3.05) is 0 Å². The van der Waals surface area contributed by atoms with Gasteiger partial charge in [0, 0.05) is 29.4 Å². The van der Waals surface area contributed by atoms with Crippen LogP contribution in [0.1, 0.15) is 63.2 Å². The van der Waals surface area contributed by atoms with Crippen molar-refractivity contribution in [1.29, 1.82) is 0 Å². The summed E-state index contributed by atoms with van der Waals surface area (Å²) in [6.07, 6.45) is 3.53. The van der Waals surface area contributed by atoms with Crippen molar-refractivity contribution >= 4 is 28.2 Å². The van der Waals surface area contributed by atoms with Crippen LogP contribution in [0.3, 0.4) is 0 Å². The smallest absolute Gasteiger partial charge is 0.335 e. The molecule has 0 saturated carbocycles. The van der Waals surface area contributed by atoms with Crippen LogP contribution in [0.15, 0.2) is 109 Å². The summed E-state index contributed by atoms with van der Waals surface area (Å²) >= 11 is 0. The van der Waals surface area contributed by atoms with Crippen LogP contribution in [-0.2, 0) is 0 Å². The van der Waals surface area contributed by atoms with Crippen LogP contribution in [0.25, 0.3) is 27.4 Å². The van der Waals surface area contributed by atoms with Crippen molar-refractivity contribution in [3.8, 4) is 11.1 Å². The maximum atomic E-state index is 14.9. The second-order valence-corrected chi connectivity index (χ2v) is 10.7. The Labute approximate surface area is 247 Å². The molecule has 2 heterocycles. The third kappa shape index (κ3) is 5.37. The van der Waals surface area contributed by atoms with Crippen LogP contribution >= 0.6 is 0 Å². The highest BCUT2D eigenvalue weighted by Gasteiger charge is 2.23. The minimum absolute atomic E-state index is 0.0473. The van der Waals surface area contributed by atoms with Gasteiger partial charge in [-0.1, -0.05) is 61.5 Å². The number of carbonyl (C=O) groups excluding carboxylic acids is 1. The molecule has 0 aliphatic rings. The Balaban J connectivity index is 1.45. The SMILES string of the molecule is C[C@H](c1ccc2ccccc2c1)c1ccn2cc(-c3cc(F)ccc3F)cc(C(=O)N[C@@H](C)c3ccc(C(=O)O)cc3)c12. The van der Waals surface area contributed by atoms with E-state index >= 15 is 0 Å². The van der Waals surface area contributed by atoms with E-state index in [0.29, 0.717) is 16.6 Å². The summed E-state index contributed by atoms with van der Waals surface area (Å²) in [4.78, 5) is 25.2. The minimum atomic E-state index is -1.03. The van der Waals surface area contributed by atoms with Gasteiger partial charge in [-0.3, -0.25) is 4.79 Å². The van der Waals surface area contributed by atoms with Crippen LogP contribution in [0.5, 0.6) is 0 Å². The van der Waals surface area contributed by atoms with Gasteiger partial charge >= 0.3 is 5.97 Å². The fourth-order valence-corrected chi connectivity index (χ4v) is 5.59. The van der Waals surface area contributed by atoms with E-state index in [1.807, 2.05) is 24.4 Å². The van der Waals surface area contributed by atoms with E-state index in [2.05, 4.69) is 42.6 Å². The molecule has 43 heavy (non-hydrogen) atoms. The van der Waals surface area contributed by atoms with Crippen molar-refractivity contribution in [3.05, 3.63) is 149 Å². The van der Waals surface area contributed by atoms with Crippen molar-refractivity contribution in [2.45, 2.75) is 25.8 Å². The maximum Gasteiger partial charge on any atom is 0.335 e. The quantitative estimate of drug-likeness (QED) is 0.201. The topological polar surface area (TPSA) is 70.8 Å². The number of fused-ring (bicyclic) bond motifs is 2. The predicted molar refractivity (Wildman–Crippen MR) is 163 cm³/mol. The lowest BCUT2D eigenvalue weighted by molar-refractivity contribution is 0.0696. The van der Waals surface area contributed by atoms with Gasteiger partial charge in [-0.05, 0) is 76.9 Å². The number of nitrogens with one attached hydrogen (secondary N) is 1. The highest BCUT2D eigenvalue weighted by molar-refractivity contribution is 6.03. The van der Waals surface area contributed by atoms with Gasteiger partial charge in [-0.2, -0.15) is 0 Å². The minimum Gasteiger partial charge on any atom is -0.478 e. The number of pyridine rings is 1. The first-order chi connectivity index (χ1) is 20.7. The molecule has 6 aromatic rings. The van der Waals surface area contributed by atoms with E-state index in [1.54, 1.807) is 35.7 Å². The summed E-state index contributed by atoms with van der Waals surface area (Å²) in [6.45, 7) is 3.88. The van der Waals surface area contributed by atoms with Gasteiger partial charge in [0.15, 0.2) is 0 Å². The van der Waals surface area contributed by atoms with Crippen molar-refractivity contribution < 1.29 is 23.5 Å². The van der Waals surface area contributed by atoms with Gasteiger partial charge in [0.1, 0.15) is 11.6 Å². The van der Waals surface area contributed by atoms with E-state index in [9.17, 15) is 23.5 Å². The molecule has 2 aromatic heterocycles. The molecular weight excluding hydrogens is 546 g/mol. The summed E-state index contributed by atoms with van der Waals surface area (Å²) < 4.78 is 30.8. The van der Waals surface area contributed by atoms with Gasteiger partial charge in [0.25, 0.3) is 5.91 Å². The molecule has 2 N–H and O–H groups in total. The second kappa shape index (κ2) is 11.2. The molecule has 0 aliphatic carbocycles. The highest BCUT2D eigenvalue weighted by Crippen LogP contribution is 2.35. The van der Waals surface area contributed by atoms with Gasteiger partial charge in [-0.15, -0.1) is 0 Å². The highest BCUT2D eigenvalue weighted by atomic mass is 19.1. The number of aromatic nitrogens is 1. The molecular formula is C36H28F2N2O3. The average molecular weight is 575 g/mol. The zero-order valence-corrected chi connectivity index (χ0v) is 23.5. The average Bonchev–Trinajstić information content (AvgIpc) is 3.45. The van der Waals surface area contributed by atoms with Crippen LogP contribution in [0.4, 0.5) is 8.78 Å². The number of hydrogen-bond donors (Lipinski definition) is 2. The standard InChI is InChI=1S/C36H28F2N2O3/c1-21(26-12-9-24-5-3-4-6-27(24)17-26)30-15-16-40-20-28(31-19-29(37)13-14-33(31)38)18-32(34(30)40)35(41)39-22(2)23-7-10-25(11-8-23)36(42)43/h3-22H,1-2H3,(H,39,41)(H,42,43)/t21-,22+/m1/s1. The zero-order valence-electron chi connectivity index (χ0n) is 23.5. The Morgan fingerprint density at radius 1 is 0.814 bits per heavy atom. The molecule has 0 aliphatic heterocycles. The van der Waals surface area contributed by atoms with E-state index in [1.165, 1.54) is 12.1 Å². The summed E-state index contributed by atoms with van der Waals surface area (Å²) in [5.74, 6) is -2.70. The van der Waals surface area contributed by atoms with Crippen LogP contribution in [0.2, 0.25) is 0 Å². The van der Waals surface area contributed by atoms with Crippen molar-refractivity contribution in [2.24, 2.45) is 0 Å². The summed E-state index contributed by atoms with van der Waals surface area (Å²) in [5, 5.41) is 14.5. The Morgan fingerprint density at radius 2 is 1.53 bits per heavy atom. The molecule has 0 saturated heterocycles. The number of benzene rings is 4. The number of carbonyl (C=O) groups is 2. The van der Waals surface area contributed by atoms with E-state index in [-0.39, 0.29) is 17.0 Å². The monoisotopic (exact) mass is 574 g/mol. The fourth-order valence-electron chi connectivity index (χ4n) is 5.59. The molecule has 0 unspecified atom stereocenters. The molecule has 0 fully saturated rings. The molecule has 214 valence electrons. The number of aromatic carboxylic acids is 1. The first kappa shape index (κ1) is 27.8. The first-order valence-corrected chi connectivity index (χ1v) is 13.9. The molecule has 6 rings (SSSR count). The second-order valence-electron chi connectivity index (χ2n) is 10.7. The molecule has 5 nitrogen and oxygen atoms in total. The molecule has 0 spiro atoms. The first-order valence-electron chi connectivity index (χ1n) is 13.9. The van der Waals surface area contributed by atoms with Crippen molar-refractivity contribution in [1.82, 2.24) is 9.72 Å². The van der Waals surface area contributed by atoms with E-state index < -0.39 is 29.6 Å². The molecule has 4 aromatic carbocycles. The van der Waals surface area contributed by atoms with Crippen LogP contribution in [0, 0.1) is 11.6 Å². The van der Waals surface area contributed by atoms with Gasteiger partial charge in [-0.25, -0.2) is 13.6 Å². The van der Waals surface area contributed by atoms with Crippen molar-refractivity contribution in [3.63, 3.8) is 0 Å². The number of hydrogen-bond acceptors (Lipinski definition) is 2. The molecule has 7 heteroatoms. The number of carboxylic acids is 1. The summed E-state index contributed by atoms with van der Waals surface area (Å²) in [5.41, 5.74) is 4.22. The molecule has 0 radical (unpaired) electrons. The summed E-state index contributed by atoms with van der Waals surface area (Å²) in [7, 11) is 0. The third-order valence-electron chi connectivity index (χ3n) is 8.01. The molecule has 1 amide bonds. The lowest BCUT2D eigenvalue weighted by atomic mass is 9.90. The van der Waals surface area contributed by atoms with Gasteiger partial charge < -0.3 is 14.8 Å². The largest absolute Gasteiger partial charge is 0.478 e. The fraction of sp³-hybridized carbons (Fsp3) is 0.111. The number of rotatable bonds is 7. The Bertz CT molecular complexity index is 2010. The number of amides is 1. The Hall–Kier alpha value is -5.30. The Morgan fingerprint density at radius 3 is 2.28 bits per heavy atom. The third-order valence-corrected chi connectivity index (χ3v) is 8.01. The lowest BCUT2D eigenvalue weighted by Crippen LogP contribution is -2.27. The number of carboxylic acid groups (broad SMARTS) is 1. The van der Waals surface area contributed by atoms with Gasteiger partial charge in [0.05, 0.1) is 22.7 Å².